The van der Waals surface area contributed by atoms with E-state index in [9.17, 15) is 0 Å². The molecule has 2 N–H and O–H groups in total. The Hall–Kier alpha value is -2.60. The summed E-state index contributed by atoms with van der Waals surface area (Å²) in [6.07, 6.45) is 4.44. The molecule has 0 fully saturated rings. The molecule has 1 atom stereocenters. The van der Waals surface area contributed by atoms with E-state index < -0.39 is 0 Å². The predicted molar refractivity (Wildman–Crippen MR) is 105 cm³/mol. The third kappa shape index (κ3) is 7.53. The van der Waals surface area contributed by atoms with Gasteiger partial charge in [0.1, 0.15) is 12.4 Å². The summed E-state index contributed by atoms with van der Waals surface area (Å²) in [4.78, 5) is 8.21. The molecule has 0 aliphatic rings. The first-order valence-electron chi connectivity index (χ1n) is 8.93. The van der Waals surface area contributed by atoms with Crippen LogP contribution in [0.1, 0.15) is 25.0 Å². The van der Waals surface area contributed by atoms with Gasteiger partial charge in [-0.15, -0.1) is 0 Å². The van der Waals surface area contributed by atoms with E-state index in [1.807, 2.05) is 30.3 Å². The molecule has 6 heteroatoms. The molecule has 0 amide bonds. The van der Waals surface area contributed by atoms with Crippen molar-refractivity contribution < 1.29 is 9.47 Å². The van der Waals surface area contributed by atoms with Crippen LogP contribution in [0.4, 0.5) is 0 Å². The van der Waals surface area contributed by atoms with Gasteiger partial charge in [-0.1, -0.05) is 30.3 Å². The Morgan fingerprint density at radius 3 is 2.62 bits per heavy atom. The topological polar surface area (TPSA) is 67.8 Å². The monoisotopic (exact) mass is 356 g/mol. The fourth-order valence-corrected chi connectivity index (χ4v) is 2.35. The van der Waals surface area contributed by atoms with Crippen LogP contribution < -0.4 is 15.4 Å². The lowest BCUT2D eigenvalue weighted by atomic mass is 10.1. The lowest BCUT2D eigenvalue weighted by Crippen LogP contribution is -2.39. The van der Waals surface area contributed by atoms with Crippen LogP contribution >= 0.6 is 0 Å². The molecule has 1 heterocycles. The number of aliphatic imine (C=N–C) groups is 1. The summed E-state index contributed by atoms with van der Waals surface area (Å²) in [5, 5.41) is 6.49. The van der Waals surface area contributed by atoms with Crippen molar-refractivity contribution in [3.8, 4) is 5.75 Å². The van der Waals surface area contributed by atoms with Gasteiger partial charge in [0, 0.05) is 26.4 Å². The summed E-state index contributed by atoms with van der Waals surface area (Å²) in [7, 11) is 1.76. The van der Waals surface area contributed by atoms with Crippen LogP contribution in [0.2, 0.25) is 0 Å². The van der Waals surface area contributed by atoms with Crippen molar-refractivity contribution in [2.45, 2.75) is 19.4 Å². The number of guanidine groups is 1. The van der Waals surface area contributed by atoms with Crippen molar-refractivity contribution in [1.29, 1.82) is 0 Å². The van der Waals surface area contributed by atoms with E-state index in [0.29, 0.717) is 19.8 Å². The SMILES string of the molecule is CN=C(NCCCOC(C)c1ccccc1)NCCOc1cccnc1. The first-order chi connectivity index (χ1) is 12.8. The maximum atomic E-state index is 5.86. The molecule has 1 unspecified atom stereocenters. The van der Waals surface area contributed by atoms with Crippen molar-refractivity contribution in [2.75, 3.05) is 33.4 Å². The fourth-order valence-electron chi connectivity index (χ4n) is 2.35. The maximum Gasteiger partial charge on any atom is 0.191 e. The molecule has 0 saturated carbocycles. The summed E-state index contributed by atoms with van der Waals surface area (Å²) >= 11 is 0. The number of nitrogens with zero attached hydrogens (tertiary/aromatic N) is 2. The van der Waals surface area contributed by atoms with E-state index in [1.54, 1.807) is 19.4 Å². The van der Waals surface area contributed by atoms with Crippen LogP contribution in [-0.4, -0.2) is 44.3 Å². The Balaban J connectivity index is 1.53. The number of rotatable bonds is 10. The Morgan fingerprint density at radius 2 is 1.88 bits per heavy atom. The number of aromatic nitrogens is 1. The molecule has 0 saturated heterocycles. The summed E-state index contributed by atoms with van der Waals surface area (Å²) < 4.78 is 11.4. The van der Waals surface area contributed by atoms with Crippen LogP contribution in [0, 0.1) is 0 Å². The Morgan fingerprint density at radius 1 is 1.08 bits per heavy atom. The normalized spacial score (nSPS) is 12.5. The van der Waals surface area contributed by atoms with Gasteiger partial charge in [-0.3, -0.25) is 9.98 Å². The Labute approximate surface area is 155 Å². The van der Waals surface area contributed by atoms with E-state index in [0.717, 1.165) is 24.7 Å². The highest BCUT2D eigenvalue weighted by Gasteiger charge is 2.04. The average molecular weight is 356 g/mol. The lowest BCUT2D eigenvalue weighted by Gasteiger charge is -2.15. The first kappa shape index (κ1) is 19.7. The van der Waals surface area contributed by atoms with Gasteiger partial charge in [0.05, 0.1) is 18.8 Å². The van der Waals surface area contributed by atoms with Gasteiger partial charge >= 0.3 is 0 Å². The molecule has 2 aromatic rings. The molecule has 0 spiro atoms. The molecule has 1 aromatic heterocycles. The number of pyridine rings is 1. The molecule has 140 valence electrons. The molecule has 6 nitrogen and oxygen atoms in total. The zero-order valence-electron chi connectivity index (χ0n) is 15.5. The number of ether oxygens (including phenoxy) is 2. The minimum absolute atomic E-state index is 0.110. The highest BCUT2D eigenvalue weighted by molar-refractivity contribution is 5.79. The lowest BCUT2D eigenvalue weighted by molar-refractivity contribution is 0.0646. The van der Waals surface area contributed by atoms with Gasteiger partial charge in [0.25, 0.3) is 0 Å². The van der Waals surface area contributed by atoms with Gasteiger partial charge in [-0.05, 0) is 31.0 Å². The molecular weight excluding hydrogens is 328 g/mol. The van der Waals surface area contributed by atoms with Gasteiger partial charge in [-0.25, -0.2) is 0 Å². The Kier molecular flexibility index (Phi) is 9.00. The van der Waals surface area contributed by atoms with Crippen molar-refractivity contribution in [1.82, 2.24) is 15.6 Å². The molecule has 0 radical (unpaired) electrons. The number of hydrogen-bond donors (Lipinski definition) is 2. The minimum Gasteiger partial charge on any atom is -0.490 e. The second-order valence-corrected chi connectivity index (χ2v) is 5.74. The average Bonchev–Trinajstić information content (AvgIpc) is 2.70. The zero-order chi connectivity index (χ0) is 18.5. The molecular formula is C20H28N4O2. The summed E-state index contributed by atoms with van der Waals surface area (Å²) in [6.45, 7) is 4.78. The van der Waals surface area contributed by atoms with Crippen LogP contribution in [0.3, 0.4) is 0 Å². The minimum atomic E-state index is 0.110. The largest absolute Gasteiger partial charge is 0.490 e. The molecule has 1 aromatic carbocycles. The van der Waals surface area contributed by atoms with Crippen LogP contribution in [0.15, 0.2) is 59.9 Å². The highest BCUT2D eigenvalue weighted by atomic mass is 16.5. The van der Waals surface area contributed by atoms with Gasteiger partial charge in [0.15, 0.2) is 5.96 Å². The Bertz CT molecular complexity index is 635. The second kappa shape index (κ2) is 11.9. The quantitative estimate of drug-likeness (QED) is 0.389. The van der Waals surface area contributed by atoms with Crippen LogP contribution in [-0.2, 0) is 4.74 Å². The molecule has 0 bridgehead atoms. The van der Waals surface area contributed by atoms with Crippen LogP contribution in [0.5, 0.6) is 5.75 Å². The number of nitrogens with one attached hydrogen (secondary N) is 2. The third-order valence-corrected chi connectivity index (χ3v) is 3.77. The smallest absolute Gasteiger partial charge is 0.191 e. The van der Waals surface area contributed by atoms with Crippen molar-refractivity contribution >= 4 is 5.96 Å². The maximum absolute atomic E-state index is 5.86. The molecule has 0 aliphatic carbocycles. The van der Waals surface area contributed by atoms with Crippen molar-refractivity contribution in [3.63, 3.8) is 0 Å². The van der Waals surface area contributed by atoms with Crippen LogP contribution in [0.25, 0.3) is 0 Å². The molecule has 2 rings (SSSR count). The van der Waals surface area contributed by atoms with E-state index in [-0.39, 0.29) is 6.10 Å². The second-order valence-electron chi connectivity index (χ2n) is 5.74. The molecule has 26 heavy (non-hydrogen) atoms. The van der Waals surface area contributed by atoms with Crippen molar-refractivity contribution in [3.05, 3.63) is 60.4 Å². The zero-order valence-corrected chi connectivity index (χ0v) is 15.5. The van der Waals surface area contributed by atoms with Gasteiger partial charge in [0.2, 0.25) is 0 Å². The number of hydrogen-bond acceptors (Lipinski definition) is 4. The third-order valence-electron chi connectivity index (χ3n) is 3.77. The standard InChI is InChI=1S/C20H28N4O2/c1-17(18-8-4-3-5-9-18)25-14-7-12-23-20(21-2)24-13-15-26-19-10-6-11-22-16-19/h3-6,8-11,16-17H,7,12-15H2,1-2H3,(H2,21,23,24). The fraction of sp³-hybridized carbons (Fsp3) is 0.400. The van der Waals surface area contributed by atoms with E-state index in [4.69, 9.17) is 9.47 Å². The summed E-state index contributed by atoms with van der Waals surface area (Å²) in [5.41, 5.74) is 1.20. The highest BCUT2D eigenvalue weighted by Crippen LogP contribution is 2.15. The summed E-state index contributed by atoms with van der Waals surface area (Å²) in [6, 6.07) is 14.0. The van der Waals surface area contributed by atoms with Gasteiger partial charge in [-0.2, -0.15) is 0 Å². The summed E-state index contributed by atoms with van der Waals surface area (Å²) in [5.74, 6) is 1.53. The van der Waals surface area contributed by atoms with Gasteiger partial charge < -0.3 is 20.1 Å². The van der Waals surface area contributed by atoms with E-state index >= 15 is 0 Å². The molecule has 0 aliphatic heterocycles. The van der Waals surface area contributed by atoms with E-state index in [1.165, 1.54) is 5.56 Å². The van der Waals surface area contributed by atoms with E-state index in [2.05, 4.69) is 39.7 Å². The van der Waals surface area contributed by atoms with Crippen molar-refractivity contribution in [2.24, 2.45) is 4.99 Å². The predicted octanol–water partition coefficient (Wildman–Crippen LogP) is 2.79. The number of benzene rings is 1. The first-order valence-corrected chi connectivity index (χ1v) is 8.93.